The maximum absolute atomic E-state index is 12.8. The van der Waals surface area contributed by atoms with Crippen LogP contribution in [0.5, 0.6) is 5.75 Å². The third-order valence-electron chi connectivity index (χ3n) is 1.82. The minimum atomic E-state index is -0.582. The van der Waals surface area contributed by atoms with Crippen LogP contribution in [0.25, 0.3) is 10.9 Å². The number of aromatic hydroxyl groups is 1. The fourth-order valence-electron chi connectivity index (χ4n) is 1.29. The van der Waals surface area contributed by atoms with Gasteiger partial charge in [-0.25, -0.2) is 4.39 Å². The van der Waals surface area contributed by atoms with Crippen molar-refractivity contribution in [1.29, 1.82) is 0 Å². The van der Waals surface area contributed by atoms with E-state index >= 15 is 0 Å². The zero-order valence-corrected chi connectivity index (χ0v) is 6.56. The fourth-order valence-corrected chi connectivity index (χ4v) is 1.29. The van der Waals surface area contributed by atoms with Crippen molar-refractivity contribution in [2.24, 2.45) is 0 Å². The Morgan fingerprint density at radius 1 is 1.33 bits per heavy atom. The van der Waals surface area contributed by atoms with Crippen LogP contribution in [0.2, 0.25) is 0 Å². The molecule has 0 radical (unpaired) electrons. The highest BCUT2D eigenvalue weighted by Crippen LogP contribution is 2.23. The highest BCUT2D eigenvalue weighted by molar-refractivity contribution is 5.81. The quantitative estimate of drug-likeness (QED) is 0.617. The van der Waals surface area contributed by atoms with Crippen LogP contribution in [0.1, 0.15) is 5.69 Å². The van der Waals surface area contributed by atoms with Crippen LogP contribution >= 0.6 is 0 Å². The molecule has 1 aromatic carbocycles. The number of hydrogen-bond donors (Lipinski definition) is 2. The Bertz CT molecular complexity index is 394. The van der Waals surface area contributed by atoms with Crippen molar-refractivity contribution in [3.63, 3.8) is 0 Å². The van der Waals surface area contributed by atoms with Gasteiger partial charge in [-0.1, -0.05) is 0 Å². The zero-order chi connectivity index (χ0) is 8.72. The molecule has 12 heavy (non-hydrogen) atoms. The Morgan fingerprint density at radius 2 is 2.08 bits per heavy atom. The third kappa shape index (κ3) is 0.942. The normalized spacial score (nSPS) is 10.8. The number of phenolic OH excluding ortho intramolecular Hbond substituents is 1. The summed E-state index contributed by atoms with van der Waals surface area (Å²) < 4.78 is 12.8. The van der Waals surface area contributed by atoms with E-state index in [1.807, 2.05) is 13.0 Å². The SMILES string of the molecule is Cc1cc2cc(F)c(O)cc2[nH]1. The molecule has 2 aromatic rings. The van der Waals surface area contributed by atoms with E-state index in [9.17, 15) is 4.39 Å². The van der Waals surface area contributed by atoms with E-state index in [0.717, 1.165) is 16.6 Å². The van der Waals surface area contributed by atoms with Crippen LogP contribution in [0.3, 0.4) is 0 Å². The number of fused-ring (bicyclic) bond motifs is 1. The van der Waals surface area contributed by atoms with E-state index in [-0.39, 0.29) is 5.75 Å². The first-order chi connectivity index (χ1) is 5.66. The molecule has 0 amide bonds. The molecule has 1 heterocycles. The van der Waals surface area contributed by atoms with Crippen molar-refractivity contribution in [2.45, 2.75) is 6.92 Å². The summed E-state index contributed by atoms with van der Waals surface area (Å²) >= 11 is 0. The van der Waals surface area contributed by atoms with Gasteiger partial charge in [-0.15, -0.1) is 0 Å². The number of hydrogen-bond acceptors (Lipinski definition) is 1. The van der Waals surface area contributed by atoms with Gasteiger partial charge in [0.05, 0.1) is 0 Å². The molecule has 62 valence electrons. The molecule has 0 aliphatic rings. The van der Waals surface area contributed by atoms with Gasteiger partial charge < -0.3 is 10.1 Å². The summed E-state index contributed by atoms with van der Waals surface area (Å²) in [5, 5.41) is 9.81. The molecule has 0 fully saturated rings. The number of phenols is 1. The van der Waals surface area contributed by atoms with Gasteiger partial charge in [-0.2, -0.15) is 0 Å². The second-order valence-electron chi connectivity index (χ2n) is 2.84. The highest BCUT2D eigenvalue weighted by atomic mass is 19.1. The predicted octanol–water partition coefficient (Wildman–Crippen LogP) is 2.32. The molecule has 3 heteroatoms. The van der Waals surface area contributed by atoms with Crippen LogP contribution in [-0.4, -0.2) is 10.1 Å². The first-order valence-electron chi connectivity index (χ1n) is 3.64. The van der Waals surface area contributed by atoms with Gasteiger partial charge >= 0.3 is 0 Å². The summed E-state index contributed by atoms with van der Waals surface area (Å²) in [7, 11) is 0. The Balaban J connectivity index is 2.83. The first kappa shape index (κ1) is 7.16. The number of rotatable bonds is 0. The second-order valence-corrected chi connectivity index (χ2v) is 2.84. The van der Waals surface area contributed by atoms with Gasteiger partial charge in [0.15, 0.2) is 11.6 Å². The number of nitrogens with one attached hydrogen (secondary N) is 1. The van der Waals surface area contributed by atoms with Crippen molar-refractivity contribution < 1.29 is 9.50 Å². The number of aromatic amines is 1. The minimum absolute atomic E-state index is 0.315. The van der Waals surface area contributed by atoms with Crippen molar-refractivity contribution in [1.82, 2.24) is 4.98 Å². The van der Waals surface area contributed by atoms with E-state index in [4.69, 9.17) is 5.11 Å². The molecule has 2 nitrogen and oxygen atoms in total. The monoisotopic (exact) mass is 165 g/mol. The maximum Gasteiger partial charge on any atom is 0.165 e. The maximum atomic E-state index is 12.8. The van der Waals surface area contributed by atoms with Gasteiger partial charge in [0.25, 0.3) is 0 Å². The van der Waals surface area contributed by atoms with Gasteiger partial charge in [0.1, 0.15) is 0 Å². The van der Waals surface area contributed by atoms with Crippen molar-refractivity contribution >= 4 is 10.9 Å². The summed E-state index contributed by atoms with van der Waals surface area (Å²) in [4.78, 5) is 3.00. The average Bonchev–Trinajstić information content (AvgIpc) is 2.30. The fraction of sp³-hybridized carbons (Fsp3) is 0.111. The molecule has 0 aliphatic heterocycles. The Hall–Kier alpha value is -1.51. The highest BCUT2D eigenvalue weighted by Gasteiger charge is 2.03. The van der Waals surface area contributed by atoms with Crippen LogP contribution < -0.4 is 0 Å². The van der Waals surface area contributed by atoms with Crippen LogP contribution in [0, 0.1) is 12.7 Å². The predicted molar refractivity (Wildman–Crippen MR) is 44.7 cm³/mol. The molecule has 0 atom stereocenters. The van der Waals surface area contributed by atoms with Gasteiger partial charge in [0, 0.05) is 22.7 Å². The molecule has 0 saturated carbocycles. The lowest BCUT2D eigenvalue weighted by molar-refractivity contribution is 0.433. The standard InChI is InChI=1S/C9H8FNO/c1-5-2-6-3-7(10)9(12)4-8(6)11-5/h2-4,11-12H,1H3. The summed E-state index contributed by atoms with van der Waals surface area (Å²) in [5.74, 6) is -0.897. The summed E-state index contributed by atoms with van der Waals surface area (Å²) in [6.45, 7) is 1.88. The topological polar surface area (TPSA) is 36.0 Å². The molecule has 0 aliphatic carbocycles. The van der Waals surface area contributed by atoms with Crippen molar-refractivity contribution in [2.75, 3.05) is 0 Å². The van der Waals surface area contributed by atoms with Gasteiger partial charge in [-0.3, -0.25) is 0 Å². The number of halogens is 1. The molecule has 0 unspecified atom stereocenters. The summed E-state index contributed by atoms with van der Waals surface area (Å²) in [5.41, 5.74) is 1.71. The minimum Gasteiger partial charge on any atom is -0.505 e. The van der Waals surface area contributed by atoms with Crippen LogP contribution in [-0.2, 0) is 0 Å². The lowest BCUT2D eigenvalue weighted by Gasteiger charge is -1.93. The number of aromatic nitrogens is 1. The molecule has 2 rings (SSSR count). The molecular formula is C9H8FNO. The smallest absolute Gasteiger partial charge is 0.165 e. The average molecular weight is 165 g/mol. The molecule has 2 N–H and O–H groups in total. The second kappa shape index (κ2) is 2.24. The van der Waals surface area contributed by atoms with E-state index in [2.05, 4.69) is 4.98 Å². The number of H-pyrrole nitrogens is 1. The van der Waals surface area contributed by atoms with Crippen molar-refractivity contribution in [3.8, 4) is 5.75 Å². The molecule has 1 aromatic heterocycles. The van der Waals surface area contributed by atoms with E-state index in [0.29, 0.717) is 0 Å². The molecule has 0 spiro atoms. The van der Waals surface area contributed by atoms with Crippen LogP contribution in [0.4, 0.5) is 4.39 Å². The Kier molecular flexibility index (Phi) is 1.33. The summed E-state index contributed by atoms with van der Waals surface area (Å²) in [6.07, 6.45) is 0. The van der Waals surface area contributed by atoms with Gasteiger partial charge in [0.2, 0.25) is 0 Å². The largest absolute Gasteiger partial charge is 0.505 e. The number of benzene rings is 1. The number of aryl methyl sites for hydroxylation is 1. The lowest BCUT2D eigenvalue weighted by Crippen LogP contribution is -1.75. The lowest BCUT2D eigenvalue weighted by atomic mass is 10.2. The van der Waals surface area contributed by atoms with E-state index in [1.54, 1.807) is 0 Å². The first-order valence-corrected chi connectivity index (χ1v) is 3.64. The van der Waals surface area contributed by atoms with E-state index in [1.165, 1.54) is 12.1 Å². The Morgan fingerprint density at radius 3 is 2.83 bits per heavy atom. The van der Waals surface area contributed by atoms with Crippen molar-refractivity contribution in [3.05, 3.63) is 29.7 Å². The molecular weight excluding hydrogens is 157 g/mol. The third-order valence-corrected chi connectivity index (χ3v) is 1.82. The zero-order valence-electron chi connectivity index (χ0n) is 6.56. The molecule has 0 saturated heterocycles. The summed E-state index contributed by atoms with van der Waals surface area (Å²) in [6, 6.07) is 4.53. The Labute approximate surface area is 68.6 Å². The van der Waals surface area contributed by atoms with E-state index < -0.39 is 5.82 Å². The molecule has 0 bridgehead atoms. The van der Waals surface area contributed by atoms with Crippen LogP contribution in [0.15, 0.2) is 18.2 Å². The van der Waals surface area contributed by atoms with Gasteiger partial charge in [-0.05, 0) is 19.1 Å².